The molecular formula is C16H22N4O3. The summed E-state index contributed by atoms with van der Waals surface area (Å²) in [6.07, 6.45) is 3.13. The Balaban J connectivity index is 1.67. The van der Waals surface area contributed by atoms with Gasteiger partial charge in [0.2, 0.25) is 5.91 Å². The maximum Gasteiger partial charge on any atom is 0.269 e. The first kappa shape index (κ1) is 15.9. The molecule has 0 bridgehead atoms. The lowest BCUT2D eigenvalue weighted by Gasteiger charge is -2.34. The molecule has 3 unspecified atom stereocenters. The molecule has 1 aromatic rings. The highest BCUT2D eigenvalue weighted by atomic mass is 16.6. The highest BCUT2D eigenvalue weighted by Crippen LogP contribution is 2.32. The summed E-state index contributed by atoms with van der Waals surface area (Å²) in [5, 5.41) is 10.9. The minimum Gasteiger partial charge on any atom is -0.341 e. The molecule has 3 atom stereocenters. The lowest BCUT2D eigenvalue weighted by molar-refractivity contribution is -0.384. The fourth-order valence-electron chi connectivity index (χ4n) is 3.72. The lowest BCUT2D eigenvalue weighted by atomic mass is 9.77. The Morgan fingerprint density at radius 1 is 1.43 bits per heavy atom. The molecule has 23 heavy (non-hydrogen) atoms. The normalized spacial score (nSPS) is 26.6. The van der Waals surface area contributed by atoms with Crippen LogP contribution in [0.2, 0.25) is 0 Å². The van der Waals surface area contributed by atoms with Gasteiger partial charge in [-0.2, -0.15) is 0 Å². The average Bonchev–Trinajstić information content (AvgIpc) is 3.02. The number of carbonyl (C=O) groups is 1. The topological polar surface area (TPSA) is 87.5 Å². The van der Waals surface area contributed by atoms with Crippen LogP contribution in [0.4, 0.5) is 5.69 Å². The Morgan fingerprint density at radius 3 is 3.04 bits per heavy atom. The number of fused-ring (bicyclic) bond motifs is 1. The van der Waals surface area contributed by atoms with Crippen LogP contribution in [0.5, 0.6) is 0 Å². The number of nitrogens with zero attached hydrogens (tertiary/aromatic N) is 2. The Bertz CT molecular complexity index is 607. The second kappa shape index (κ2) is 6.64. The number of rotatable bonds is 4. The van der Waals surface area contributed by atoms with Crippen molar-refractivity contribution in [3.8, 4) is 0 Å². The quantitative estimate of drug-likeness (QED) is 0.648. The van der Waals surface area contributed by atoms with Gasteiger partial charge in [0.1, 0.15) is 0 Å². The van der Waals surface area contributed by atoms with Crippen LogP contribution in [-0.2, 0) is 11.3 Å². The van der Waals surface area contributed by atoms with Crippen molar-refractivity contribution in [1.29, 1.82) is 0 Å². The standard InChI is InChI=1S/C16H22N4O3/c1-19(10-11-4-2-6-13(8-11)20(22)23)16(21)14-7-3-5-12-9-17-18-15(12)14/h2,4,6,8,12,14-15,17-18H,3,5,7,9-10H2,1H3. The van der Waals surface area contributed by atoms with Crippen LogP contribution >= 0.6 is 0 Å². The van der Waals surface area contributed by atoms with Gasteiger partial charge in [-0.05, 0) is 24.3 Å². The summed E-state index contributed by atoms with van der Waals surface area (Å²) >= 11 is 0. The maximum absolute atomic E-state index is 12.8. The van der Waals surface area contributed by atoms with E-state index in [2.05, 4.69) is 10.9 Å². The number of carbonyl (C=O) groups excluding carboxylic acids is 1. The molecule has 1 heterocycles. The molecule has 1 aliphatic heterocycles. The van der Waals surface area contributed by atoms with Crippen molar-refractivity contribution in [2.45, 2.75) is 31.8 Å². The molecule has 1 saturated heterocycles. The van der Waals surface area contributed by atoms with Gasteiger partial charge in [-0.15, -0.1) is 0 Å². The van der Waals surface area contributed by atoms with Crippen LogP contribution < -0.4 is 10.9 Å². The predicted molar refractivity (Wildman–Crippen MR) is 85.3 cm³/mol. The van der Waals surface area contributed by atoms with Crippen molar-refractivity contribution in [3.05, 3.63) is 39.9 Å². The van der Waals surface area contributed by atoms with Crippen molar-refractivity contribution in [1.82, 2.24) is 15.8 Å². The van der Waals surface area contributed by atoms with Crippen molar-refractivity contribution in [2.24, 2.45) is 11.8 Å². The first-order chi connectivity index (χ1) is 11.1. The second-order valence-corrected chi connectivity index (χ2v) is 6.47. The molecule has 7 heteroatoms. The van der Waals surface area contributed by atoms with E-state index in [1.165, 1.54) is 12.1 Å². The van der Waals surface area contributed by atoms with E-state index in [0.29, 0.717) is 12.5 Å². The van der Waals surface area contributed by atoms with Crippen molar-refractivity contribution in [3.63, 3.8) is 0 Å². The Morgan fingerprint density at radius 2 is 2.26 bits per heavy atom. The molecule has 1 aliphatic carbocycles. The van der Waals surface area contributed by atoms with E-state index in [4.69, 9.17) is 0 Å². The van der Waals surface area contributed by atoms with Crippen LogP contribution in [-0.4, -0.2) is 35.4 Å². The smallest absolute Gasteiger partial charge is 0.269 e. The van der Waals surface area contributed by atoms with E-state index in [1.54, 1.807) is 18.0 Å². The van der Waals surface area contributed by atoms with Gasteiger partial charge < -0.3 is 4.90 Å². The molecule has 0 radical (unpaired) electrons. The number of hydrogen-bond donors (Lipinski definition) is 2. The SMILES string of the molecule is CN(Cc1cccc([N+](=O)[O-])c1)C(=O)C1CCCC2CNNC21. The minimum atomic E-state index is -0.412. The highest BCUT2D eigenvalue weighted by molar-refractivity contribution is 5.79. The summed E-state index contributed by atoms with van der Waals surface area (Å²) in [5.74, 6) is 0.610. The van der Waals surface area contributed by atoms with Gasteiger partial charge in [-0.25, -0.2) is 0 Å². The first-order valence-electron chi connectivity index (χ1n) is 8.03. The summed E-state index contributed by atoms with van der Waals surface area (Å²) in [7, 11) is 1.77. The molecule has 2 N–H and O–H groups in total. The van der Waals surface area contributed by atoms with E-state index < -0.39 is 4.92 Å². The maximum atomic E-state index is 12.8. The molecule has 3 rings (SSSR count). The molecule has 2 aliphatic rings. The molecule has 0 aromatic heterocycles. The zero-order valence-electron chi connectivity index (χ0n) is 13.2. The van der Waals surface area contributed by atoms with E-state index in [-0.39, 0.29) is 23.6 Å². The Hall–Kier alpha value is -1.99. The molecule has 2 fully saturated rings. The minimum absolute atomic E-state index is 0.0209. The summed E-state index contributed by atoms with van der Waals surface area (Å²) < 4.78 is 0. The third kappa shape index (κ3) is 3.35. The fraction of sp³-hybridized carbons (Fsp3) is 0.562. The fourth-order valence-corrected chi connectivity index (χ4v) is 3.72. The lowest BCUT2D eigenvalue weighted by Crippen LogP contribution is -2.48. The second-order valence-electron chi connectivity index (χ2n) is 6.47. The zero-order valence-corrected chi connectivity index (χ0v) is 13.2. The van der Waals surface area contributed by atoms with Crippen molar-refractivity contribution < 1.29 is 9.72 Å². The van der Waals surface area contributed by atoms with Crippen LogP contribution in [0, 0.1) is 22.0 Å². The number of hydrazine groups is 1. The molecule has 124 valence electrons. The highest BCUT2D eigenvalue weighted by Gasteiger charge is 2.41. The summed E-state index contributed by atoms with van der Waals surface area (Å²) in [6, 6.07) is 6.66. The average molecular weight is 318 g/mol. The van der Waals surface area contributed by atoms with E-state index in [0.717, 1.165) is 31.4 Å². The molecule has 1 saturated carbocycles. The first-order valence-corrected chi connectivity index (χ1v) is 8.03. The number of hydrogen-bond acceptors (Lipinski definition) is 5. The van der Waals surface area contributed by atoms with Gasteiger partial charge >= 0.3 is 0 Å². The summed E-state index contributed by atoms with van der Waals surface area (Å²) in [4.78, 5) is 24.9. The van der Waals surface area contributed by atoms with Crippen molar-refractivity contribution >= 4 is 11.6 Å². The van der Waals surface area contributed by atoms with Gasteiger partial charge in [0.05, 0.1) is 10.8 Å². The predicted octanol–water partition coefficient (Wildman–Crippen LogP) is 1.45. The van der Waals surface area contributed by atoms with Crippen LogP contribution in [0.1, 0.15) is 24.8 Å². The largest absolute Gasteiger partial charge is 0.341 e. The van der Waals surface area contributed by atoms with Gasteiger partial charge in [0, 0.05) is 38.3 Å². The zero-order chi connectivity index (χ0) is 16.4. The van der Waals surface area contributed by atoms with Crippen molar-refractivity contribution in [2.75, 3.05) is 13.6 Å². The van der Waals surface area contributed by atoms with Crippen LogP contribution in [0.15, 0.2) is 24.3 Å². The molecule has 1 amide bonds. The van der Waals surface area contributed by atoms with Crippen LogP contribution in [0.3, 0.4) is 0 Å². The molecular weight excluding hydrogens is 296 g/mol. The van der Waals surface area contributed by atoms with Gasteiger partial charge in [0.25, 0.3) is 5.69 Å². The molecule has 1 aromatic carbocycles. The number of non-ortho nitro benzene ring substituents is 1. The monoisotopic (exact) mass is 318 g/mol. The number of nitrogens with one attached hydrogen (secondary N) is 2. The van der Waals surface area contributed by atoms with Crippen LogP contribution in [0.25, 0.3) is 0 Å². The number of amides is 1. The van der Waals surface area contributed by atoms with E-state index in [9.17, 15) is 14.9 Å². The van der Waals surface area contributed by atoms with Gasteiger partial charge in [0.15, 0.2) is 0 Å². The summed E-state index contributed by atoms with van der Waals surface area (Å²) in [5.41, 5.74) is 7.24. The number of benzene rings is 1. The number of nitro groups is 1. The molecule has 7 nitrogen and oxygen atoms in total. The number of nitro benzene ring substituents is 1. The van der Waals surface area contributed by atoms with Gasteiger partial charge in [-0.3, -0.25) is 25.8 Å². The third-order valence-electron chi connectivity index (χ3n) is 4.90. The van der Waals surface area contributed by atoms with Gasteiger partial charge in [-0.1, -0.05) is 18.6 Å². The van der Waals surface area contributed by atoms with E-state index >= 15 is 0 Å². The Labute approximate surface area is 135 Å². The third-order valence-corrected chi connectivity index (χ3v) is 4.90. The van der Waals surface area contributed by atoms with E-state index in [1.807, 2.05) is 6.07 Å². The summed E-state index contributed by atoms with van der Waals surface area (Å²) in [6.45, 7) is 1.31. The molecule has 0 spiro atoms. The Kier molecular flexibility index (Phi) is 4.58.